The maximum Gasteiger partial charge on any atom is 0.573 e. The van der Waals surface area contributed by atoms with Crippen molar-refractivity contribution in [3.8, 4) is 5.75 Å². The number of rotatable bonds is 3. The van der Waals surface area contributed by atoms with E-state index in [0.29, 0.717) is 5.56 Å². The summed E-state index contributed by atoms with van der Waals surface area (Å²) in [5, 5.41) is 15.2. The minimum Gasteiger partial charge on any atom is -0.406 e. The van der Waals surface area contributed by atoms with Crippen LogP contribution in [0.25, 0.3) is 0 Å². The molecule has 13 heteroatoms. The van der Waals surface area contributed by atoms with Crippen LogP contribution in [0, 0.1) is 5.92 Å². The van der Waals surface area contributed by atoms with E-state index >= 15 is 0 Å². The van der Waals surface area contributed by atoms with Gasteiger partial charge in [-0.25, -0.2) is 10.4 Å². The molecule has 2 heterocycles. The highest BCUT2D eigenvalue weighted by Crippen LogP contribution is 2.38. The molecular weight excluding hydrogens is 398 g/mol. The summed E-state index contributed by atoms with van der Waals surface area (Å²) in [6.45, 7) is 1.50. The average Bonchev–Trinajstić information content (AvgIpc) is 2.93. The van der Waals surface area contributed by atoms with E-state index in [-0.39, 0.29) is 0 Å². The van der Waals surface area contributed by atoms with Gasteiger partial charge in [-0.2, -0.15) is 13.2 Å². The number of fused-ring (bicyclic) bond motifs is 1. The number of hydrogen-bond acceptors (Lipinski definition) is 6. The number of halogens is 6. The molecule has 0 radical (unpaired) electrons. The van der Waals surface area contributed by atoms with Crippen LogP contribution in [-0.2, 0) is 4.79 Å². The average molecular weight is 414 g/mol. The fourth-order valence-electron chi connectivity index (χ4n) is 3.33. The maximum absolute atomic E-state index is 13.4. The minimum absolute atomic E-state index is 0.367. The normalized spacial score (nSPS) is 29.9. The molecule has 0 aromatic heterocycles. The van der Waals surface area contributed by atoms with E-state index in [0.717, 1.165) is 17.1 Å². The molecule has 156 valence electrons. The number of hydrogen-bond donors (Lipinski definition) is 4. The van der Waals surface area contributed by atoms with Gasteiger partial charge in [0.15, 0.2) is 6.35 Å². The summed E-state index contributed by atoms with van der Waals surface area (Å²) in [7, 11) is 0. The van der Waals surface area contributed by atoms with E-state index in [1.807, 2.05) is 5.32 Å². The van der Waals surface area contributed by atoms with Crippen LogP contribution in [-0.4, -0.2) is 47.1 Å². The molecule has 0 spiro atoms. The topological polar surface area (TPSA) is 85.9 Å². The van der Waals surface area contributed by atoms with Gasteiger partial charge in [0.1, 0.15) is 11.8 Å². The van der Waals surface area contributed by atoms with Crippen LogP contribution in [0.1, 0.15) is 18.5 Å². The Morgan fingerprint density at radius 3 is 2.29 bits per heavy atom. The number of nitrogens with zero attached hydrogens (tertiary/aromatic N) is 1. The van der Waals surface area contributed by atoms with Crippen molar-refractivity contribution in [2.45, 2.75) is 44.1 Å². The number of nitrogens with one attached hydrogen (secondary N) is 3. The first kappa shape index (κ1) is 20.6. The Hall–Kier alpha value is -2.09. The second-order valence-electron chi connectivity index (χ2n) is 6.40. The van der Waals surface area contributed by atoms with E-state index in [1.165, 1.54) is 19.1 Å². The third-order valence-corrected chi connectivity index (χ3v) is 4.56. The van der Waals surface area contributed by atoms with E-state index in [1.54, 1.807) is 0 Å². The fraction of sp³-hybridized carbons (Fsp3) is 0.533. The van der Waals surface area contributed by atoms with E-state index in [9.17, 15) is 36.2 Å². The summed E-state index contributed by atoms with van der Waals surface area (Å²) in [4.78, 5) is 12.0. The second kappa shape index (κ2) is 7.06. The minimum atomic E-state index is -4.87. The zero-order chi connectivity index (χ0) is 20.9. The van der Waals surface area contributed by atoms with Gasteiger partial charge in [-0.1, -0.05) is 12.1 Å². The van der Waals surface area contributed by atoms with Crippen LogP contribution in [0.2, 0.25) is 0 Å². The van der Waals surface area contributed by atoms with Crippen molar-refractivity contribution in [3.63, 3.8) is 0 Å². The van der Waals surface area contributed by atoms with E-state index < -0.39 is 54.7 Å². The SMILES string of the molecule is CC(c1ccc(OC(F)(F)F)cc1)N1NC(C(F)(F)F)C2C(=O)NC(O)NC21. The predicted molar refractivity (Wildman–Crippen MR) is 80.9 cm³/mol. The summed E-state index contributed by atoms with van der Waals surface area (Å²) in [6.07, 6.45) is -12.4. The van der Waals surface area contributed by atoms with Crippen LogP contribution in [0.5, 0.6) is 5.75 Å². The number of carbonyl (C=O) groups excluding carboxylic acids is 1. The van der Waals surface area contributed by atoms with Gasteiger partial charge in [0.2, 0.25) is 5.91 Å². The zero-order valence-corrected chi connectivity index (χ0v) is 14.2. The van der Waals surface area contributed by atoms with Gasteiger partial charge in [0.25, 0.3) is 0 Å². The molecule has 28 heavy (non-hydrogen) atoms. The molecule has 0 bridgehead atoms. The van der Waals surface area contributed by atoms with Crippen molar-refractivity contribution in [2.75, 3.05) is 0 Å². The quantitative estimate of drug-likeness (QED) is 0.559. The van der Waals surface area contributed by atoms with Gasteiger partial charge in [0, 0.05) is 6.04 Å². The molecule has 4 N–H and O–H groups in total. The standard InChI is InChI=1S/C15H16F6N4O3/c1-6(7-2-4-8(5-3-7)28-15(19,20)21)25-11-9(10(24-25)14(16,17)18)12(26)23-13(27)22-11/h2-6,9-11,13,22,24,27H,1H3,(H,23,26). The third-order valence-electron chi connectivity index (χ3n) is 4.56. The fourth-order valence-corrected chi connectivity index (χ4v) is 3.33. The number of amides is 1. The Balaban J connectivity index is 1.84. The monoisotopic (exact) mass is 414 g/mol. The molecule has 0 aliphatic carbocycles. The molecule has 5 atom stereocenters. The lowest BCUT2D eigenvalue weighted by Gasteiger charge is -2.37. The number of carbonyl (C=O) groups is 1. The molecular formula is C15H16F6N4O3. The van der Waals surface area contributed by atoms with Crippen molar-refractivity contribution in [2.24, 2.45) is 5.92 Å². The number of ether oxygens (including phenoxy) is 1. The van der Waals surface area contributed by atoms with Gasteiger partial charge in [-0.05, 0) is 24.6 Å². The molecule has 2 aliphatic rings. The first-order valence-electron chi connectivity index (χ1n) is 8.08. The number of alkyl halides is 6. The van der Waals surface area contributed by atoms with E-state index in [4.69, 9.17) is 0 Å². The van der Waals surface area contributed by atoms with Crippen molar-refractivity contribution >= 4 is 5.91 Å². The van der Waals surface area contributed by atoms with Crippen LogP contribution >= 0.6 is 0 Å². The molecule has 1 aromatic carbocycles. The first-order chi connectivity index (χ1) is 12.9. The number of hydrazine groups is 1. The smallest absolute Gasteiger partial charge is 0.406 e. The van der Waals surface area contributed by atoms with Gasteiger partial charge in [-0.3, -0.25) is 10.1 Å². The second-order valence-corrected chi connectivity index (χ2v) is 6.40. The Bertz CT molecular complexity index is 726. The summed E-state index contributed by atoms with van der Waals surface area (Å²) in [5.41, 5.74) is 2.60. The zero-order valence-electron chi connectivity index (χ0n) is 14.2. The Morgan fingerprint density at radius 1 is 1.14 bits per heavy atom. The lowest BCUT2D eigenvalue weighted by Crippen LogP contribution is -2.65. The van der Waals surface area contributed by atoms with Crippen molar-refractivity contribution < 1.29 is 41.0 Å². The van der Waals surface area contributed by atoms with E-state index in [2.05, 4.69) is 15.5 Å². The largest absolute Gasteiger partial charge is 0.573 e. The van der Waals surface area contributed by atoms with Gasteiger partial charge in [0.05, 0.1) is 12.1 Å². The molecule has 2 saturated heterocycles. The molecule has 1 amide bonds. The third kappa shape index (κ3) is 4.16. The summed E-state index contributed by atoms with van der Waals surface area (Å²) < 4.78 is 80.6. The highest BCUT2D eigenvalue weighted by molar-refractivity contribution is 5.81. The van der Waals surface area contributed by atoms with Crippen LogP contribution < -0.4 is 20.8 Å². The molecule has 2 aliphatic heterocycles. The van der Waals surface area contributed by atoms with Crippen LogP contribution in [0.3, 0.4) is 0 Å². The summed E-state index contributed by atoms with van der Waals surface area (Å²) in [6, 6.07) is 1.61. The van der Waals surface area contributed by atoms with Gasteiger partial charge >= 0.3 is 12.5 Å². The maximum atomic E-state index is 13.4. The van der Waals surface area contributed by atoms with Crippen LogP contribution in [0.15, 0.2) is 24.3 Å². The highest BCUT2D eigenvalue weighted by Gasteiger charge is 2.59. The Morgan fingerprint density at radius 2 is 1.75 bits per heavy atom. The Kier molecular flexibility index (Phi) is 5.20. The predicted octanol–water partition coefficient (Wildman–Crippen LogP) is 1.33. The number of aliphatic hydroxyl groups is 1. The number of aliphatic hydroxyl groups excluding tert-OH is 1. The molecule has 7 nitrogen and oxygen atoms in total. The van der Waals surface area contributed by atoms with Crippen molar-refractivity contribution in [1.82, 2.24) is 21.1 Å². The lowest BCUT2D eigenvalue weighted by molar-refractivity contribution is -0.274. The van der Waals surface area contributed by atoms with Gasteiger partial charge < -0.3 is 15.2 Å². The molecule has 5 unspecified atom stereocenters. The van der Waals surface area contributed by atoms with Crippen molar-refractivity contribution in [3.05, 3.63) is 29.8 Å². The molecule has 0 saturated carbocycles. The van der Waals surface area contributed by atoms with Crippen LogP contribution in [0.4, 0.5) is 26.3 Å². The lowest BCUT2D eigenvalue weighted by atomic mass is 9.95. The number of benzene rings is 1. The van der Waals surface area contributed by atoms with Crippen molar-refractivity contribution in [1.29, 1.82) is 0 Å². The molecule has 3 rings (SSSR count). The molecule has 1 aromatic rings. The Labute approximate surface area is 154 Å². The van der Waals surface area contributed by atoms with Gasteiger partial charge in [-0.15, -0.1) is 13.2 Å². The summed E-state index contributed by atoms with van der Waals surface area (Å²) >= 11 is 0. The highest BCUT2D eigenvalue weighted by atomic mass is 19.4. The molecule has 2 fully saturated rings. The summed E-state index contributed by atoms with van der Waals surface area (Å²) in [5.74, 6) is -3.03. The first-order valence-corrected chi connectivity index (χ1v) is 8.08.